The number of carboxylic acids is 1. The summed E-state index contributed by atoms with van der Waals surface area (Å²) in [5.74, 6) is -1.27. The molecule has 0 atom stereocenters. The van der Waals surface area contributed by atoms with Gasteiger partial charge in [0.15, 0.2) is 0 Å². The summed E-state index contributed by atoms with van der Waals surface area (Å²) >= 11 is 0. The third-order valence-corrected chi connectivity index (χ3v) is 2.88. The number of nitrogens with one attached hydrogen (secondary N) is 1. The van der Waals surface area contributed by atoms with E-state index in [9.17, 15) is 9.18 Å². The van der Waals surface area contributed by atoms with E-state index in [0.717, 1.165) is 11.9 Å². The van der Waals surface area contributed by atoms with Gasteiger partial charge in [-0.15, -0.1) is 10.2 Å². The summed E-state index contributed by atoms with van der Waals surface area (Å²) in [6, 6.07) is 2.48. The van der Waals surface area contributed by atoms with Crippen LogP contribution in [0.4, 0.5) is 15.8 Å². The maximum Gasteiger partial charge on any atom is 0.340 e. The highest BCUT2D eigenvalue weighted by Gasteiger charge is 2.17. The lowest BCUT2D eigenvalue weighted by molar-refractivity contribution is 0.0698. The maximum absolute atomic E-state index is 13.3. The van der Waals surface area contributed by atoms with Gasteiger partial charge in [0.05, 0.1) is 11.4 Å². The molecule has 0 amide bonds. The molecule has 1 aromatic heterocycles. The molecule has 20 heavy (non-hydrogen) atoms. The second-order valence-electron chi connectivity index (χ2n) is 4.22. The standard InChI is InChI=1S/C12H14FN5O2/c1-18-6-16-17-9(18)4-5-15-8-3-2-7(13)11(14)10(8)12(19)20/h2-3,6,15H,4-5,14H2,1H3,(H,19,20). The number of nitrogens with zero attached hydrogens (tertiary/aromatic N) is 3. The van der Waals surface area contributed by atoms with E-state index in [2.05, 4.69) is 15.5 Å². The Morgan fingerprint density at radius 1 is 1.55 bits per heavy atom. The number of hydrogen-bond acceptors (Lipinski definition) is 5. The van der Waals surface area contributed by atoms with E-state index in [1.54, 1.807) is 10.9 Å². The summed E-state index contributed by atoms with van der Waals surface area (Å²) in [7, 11) is 1.81. The molecule has 0 spiro atoms. The lowest BCUT2D eigenvalue weighted by Crippen LogP contribution is -2.14. The Kier molecular flexibility index (Phi) is 3.83. The maximum atomic E-state index is 13.3. The zero-order valence-electron chi connectivity index (χ0n) is 10.8. The topological polar surface area (TPSA) is 106 Å². The number of carboxylic acid groups (broad SMARTS) is 1. The van der Waals surface area contributed by atoms with Crippen molar-refractivity contribution in [2.75, 3.05) is 17.6 Å². The average molecular weight is 279 g/mol. The Hall–Kier alpha value is -2.64. The second kappa shape index (κ2) is 5.55. The van der Waals surface area contributed by atoms with E-state index < -0.39 is 11.8 Å². The monoisotopic (exact) mass is 279 g/mol. The zero-order valence-corrected chi connectivity index (χ0v) is 10.8. The van der Waals surface area contributed by atoms with Crippen molar-refractivity contribution < 1.29 is 14.3 Å². The fourth-order valence-corrected chi connectivity index (χ4v) is 1.81. The molecule has 2 rings (SSSR count). The molecule has 0 fully saturated rings. The quantitative estimate of drug-likeness (QED) is 0.702. The normalized spacial score (nSPS) is 10.5. The second-order valence-corrected chi connectivity index (χ2v) is 4.22. The fourth-order valence-electron chi connectivity index (χ4n) is 1.81. The minimum absolute atomic E-state index is 0.261. The number of anilines is 2. The van der Waals surface area contributed by atoms with Crippen molar-refractivity contribution in [2.24, 2.45) is 7.05 Å². The van der Waals surface area contributed by atoms with Gasteiger partial charge in [-0.1, -0.05) is 0 Å². The van der Waals surface area contributed by atoms with Crippen LogP contribution in [0.2, 0.25) is 0 Å². The molecule has 8 heteroatoms. The van der Waals surface area contributed by atoms with E-state index in [1.165, 1.54) is 6.07 Å². The molecule has 0 saturated carbocycles. The molecule has 106 valence electrons. The third kappa shape index (κ3) is 2.68. The molecule has 4 N–H and O–H groups in total. The summed E-state index contributed by atoms with van der Waals surface area (Å²) in [4.78, 5) is 11.1. The number of halogens is 1. The first kappa shape index (κ1) is 13.8. The van der Waals surface area contributed by atoms with Crippen LogP contribution in [0.15, 0.2) is 18.5 Å². The summed E-state index contributed by atoms with van der Waals surface area (Å²) in [6.45, 7) is 0.428. The summed E-state index contributed by atoms with van der Waals surface area (Å²) < 4.78 is 15.0. The lowest BCUT2D eigenvalue weighted by Gasteiger charge is -2.11. The van der Waals surface area contributed by atoms with Crippen molar-refractivity contribution in [2.45, 2.75) is 6.42 Å². The Morgan fingerprint density at radius 2 is 2.30 bits per heavy atom. The summed E-state index contributed by atoms with van der Waals surface area (Å²) in [6.07, 6.45) is 2.13. The van der Waals surface area contributed by atoms with Gasteiger partial charge in [-0.25, -0.2) is 9.18 Å². The van der Waals surface area contributed by atoms with Gasteiger partial charge in [0, 0.05) is 20.0 Å². The van der Waals surface area contributed by atoms with Crippen LogP contribution in [-0.2, 0) is 13.5 Å². The molecule has 7 nitrogen and oxygen atoms in total. The number of aromatic nitrogens is 3. The van der Waals surface area contributed by atoms with Gasteiger partial charge in [0.25, 0.3) is 0 Å². The Balaban J connectivity index is 2.12. The Bertz CT molecular complexity index is 641. The number of hydrogen-bond donors (Lipinski definition) is 3. The zero-order chi connectivity index (χ0) is 14.7. The largest absolute Gasteiger partial charge is 0.478 e. The van der Waals surface area contributed by atoms with Gasteiger partial charge < -0.3 is 20.7 Å². The molecule has 0 aliphatic rings. The molecule has 0 saturated heterocycles. The van der Waals surface area contributed by atoms with Crippen molar-refractivity contribution in [1.82, 2.24) is 14.8 Å². The minimum Gasteiger partial charge on any atom is -0.478 e. The van der Waals surface area contributed by atoms with E-state index in [-0.39, 0.29) is 16.9 Å². The van der Waals surface area contributed by atoms with E-state index >= 15 is 0 Å². The number of aryl methyl sites for hydroxylation is 1. The van der Waals surface area contributed by atoms with Crippen molar-refractivity contribution in [3.8, 4) is 0 Å². The van der Waals surface area contributed by atoms with Crippen LogP contribution in [0.3, 0.4) is 0 Å². The molecule has 0 aliphatic heterocycles. The Morgan fingerprint density at radius 3 is 2.90 bits per heavy atom. The van der Waals surface area contributed by atoms with Gasteiger partial charge in [-0.3, -0.25) is 0 Å². The third-order valence-electron chi connectivity index (χ3n) is 2.88. The van der Waals surface area contributed by atoms with Gasteiger partial charge in [-0.05, 0) is 12.1 Å². The van der Waals surface area contributed by atoms with Crippen molar-refractivity contribution >= 4 is 17.3 Å². The highest BCUT2D eigenvalue weighted by atomic mass is 19.1. The van der Waals surface area contributed by atoms with E-state index in [4.69, 9.17) is 10.8 Å². The molecule has 2 aromatic rings. The van der Waals surface area contributed by atoms with Gasteiger partial charge in [-0.2, -0.15) is 0 Å². The van der Waals surface area contributed by atoms with Crippen LogP contribution in [0.1, 0.15) is 16.2 Å². The number of benzene rings is 1. The first-order valence-corrected chi connectivity index (χ1v) is 5.88. The van der Waals surface area contributed by atoms with Crippen molar-refractivity contribution in [1.29, 1.82) is 0 Å². The predicted octanol–water partition coefficient (Wildman–Crippen LogP) is 0.889. The predicted molar refractivity (Wildman–Crippen MR) is 71.0 cm³/mol. The molecule has 0 bridgehead atoms. The first-order chi connectivity index (χ1) is 9.50. The van der Waals surface area contributed by atoms with Crippen LogP contribution < -0.4 is 11.1 Å². The van der Waals surface area contributed by atoms with Gasteiger partial charge in [0.2, 0.25) is 0 Å². The van der Waals surface area contributed by atoms with Crippen LogP contribution >= 0.6 is 0 Å². The molecular formula is C12H14FN5O2. The number of nitrogen functional groups attached to an aromatic ring is 1. The molecule has 0 unspecified atom stereocenters. The van der Waals surface area contributed by atoms with Crippen LogP contribution in [-0.4, -0.2) is 32.4 Å². The average Bonchev–Trinajstić information content (AvgIpc) is 2.79. The minimum atomic E-state index is -1.27. The van der Waals surface area contributed by atoms with E-state index in [0.29, 0.717) is 13.0 Å². The first-order valence-electron chi connectivity index (χ1n) is 5.88. The highest BCUT2D eigenvalue weighted by molar-refractivity contribution is 6.00. The molecule has 0 radical (unpaired) electrons. The van der Waals surface area contributed by atoms with Crippen molar-refractivity contribution in [3.63, 3.8) is 0 Å². The highest BCUT2D eigenvalue weighted by Crippen LogP contribution is 2.25. The van der Waals surface area contributed by atoms with Crippen molar-refractivity contribution in [3.05, 3.63) is 35.7 Å². The SMILES string of the molecule is Cn1cnnc1CCNc1ccc(F)c(N)c1C(=O)O. The van der Waals surface area contributed by atoms with E-state index in [1.807, 2.05) is 7.05 Å². The van der Waals surface area contributed by atoms with Crippen LogP contribution in [0.25, 0.3) is 0 Å². The fraction of sp³-hybridized carbons (Fsp3) is 0.250. The molecule has 1 heterocycles. The van der Waals surface area contributed by atoms with Crippen LogP contribution in [0.5, 0.6) is 0 Å². The van der Waals surface area contributed by atoms with Crippen LogP contribution in [0, 0.1) is 5.82 Å². The summed E-state index contributed by atoms with van der Waals surface area (Å²) in [5, 5.41) is 19.7. The molecule has 1 aromatic carbocycles. The van der Waals surface area contributed by atoms with Gasteiger partial charge >= 0.3 is 5.97 Å². The number of carbonyl (C=O) groups is 1. The smallest absolute Gasteiger partial charge is 0.340 e. The summed E-state index contributed by atoms with van der Waals surface area (Å²) in [5.41, 5.74) is 5.09. The Labute approximate surface area is 114 Å². The number of rotatable bonds is 5. The number of aromatic carboxylic acids is 1. The van der Waals surface area contributed by atoms with Gasteiger partial charge in [0.1, 0.15) is 23.5 Å². The molecule has 0 aliphatic carbocycles. The number of nitrogens with two attached hydrogens (primary N) is 1. The lowest BCUT2D eigenvalue weighted by atomic mass is 10.1. The molecular weight excluding hydrogens is 265 g/mol.